The molecule has 0 atom stereocenters. The first-order valence-corrected chi connectivity index (χ1v) is 6.88. The molecule has 0 aliphatic heterocycles. The highest BCUT2D eigenvalue weighted by molar-refractivity contribution is 6.30. The van der Waals surface area contributed by atoms with Gasteiger partial charge in [-0.2, -0.15) is 0 Å². The smallest absolute Gasteiger partial charge is 0.257 e. The van der Waals surface area contributed by atoms with Gasteiger partial charge >= 0.3 is 0 Å². The van der Waals surface area contributed by atoms with Gasteiger partial charge in [0.1, 0.15) is 0 Å². The molecule has 0 radical (unpaired) electrons. The number of hydrogen-bond acceptors (Lipinski definition) is 1. The Balaban J connectivity index is 2.25. The summed E-state index contributed by atoms with van der Waals surface area (Å²) in [6.45, 7) is 2.44. The van der Waals surface area contributed by atoms with Crippen LogP contribution in [-0.2, 0) is 6.54 Å². The van der Waals surface area contributed by atoms with Gasteiger partial charge in [0.25, 0.3) is 5.91 Å². The zero-order chi connectivity index (χ0) is 15.4. The van der Waals surface area contributed by atoms with Crippen LogP contribution in [0.15, 0.2) is 42.5 Å². The van der Waals surface area contributed by atoms with E-state index in [4.69, 9.17) is 11.6 Å². The third-order valence-electron chi connectivity index (χ3n) is 3.11. The molecule has 21 heavy (non-hydrogen) atoms. The van der Waals surface area contributed by atoms with Gasteiger partial charge in [0.15, 0.2) is 11.6 Å². The molecule has 5 heteroatoms. The van der Waals surface area contributed by atoms with Crippen molar-refractivity contribution in [1.29, 1.82) is 0 Å². The SMILES string of the molecule is CCN(Cc1cccc(Cl)c1)C(=O)c1cccc(F)c1F. The van der Waals surface area contributed by atoms with Crippen molar-refractivity contribution in [2.45, 2.75) is 13.5 Å². The number of amides is 1. The number of benzene rings is 2. The molecular weight excluding hydrogens is 296 g/mol. The summed E-state index contributed by atoms with van der Waals surface area (Å²) in [4.78, 5) is 13.8. The van der Waals surface area contributed by atoms with E-state index in [0.717, 1.165) is 11.6 Å². The fraction of sp³-hybridized carbons (Fsp3) is 0.188. The third-order valence-corrected chi connectivity index (χ3v) is 3.35. The van der Waals surface area contributed by atoms with Crippen LogP contribution in [0.25, 0.3) is 0 Å². The molecule has 2 aromatic carbocycles. The van der Waals surface area contributed by atoms with E-state index in [1.165, 1.54) is 17.0 Å². The summed E-state index contributed by atoms with van der Waals surface area (Å²) in [7, 11) is 0. The monoisotopic (exact) mass is 309 g/mol. The van der Waals surface area contributed by atoms with E-state index in [9.17, 15) is 13.6 Å². The minimum atomic E-state index is -1.12. The predicted octanol–water partition coefficient (Wildman–Crippen LogP) is 4.28. The Bertz CT molecular complexity index is 660. The molecule has 0 aliphatic rings. The number of carbonyl (C=O) groups is 1. The summed E-state index contributed by atoms with van der Waals surface area (Å²) >= 11 is 5.90. The van der Waals surface area contributed by atoms with Crippen LogP contribution in [0.1, 0.15) is 22.8 Å². The zero-order valence-corrected chi connectivity index (χ0v) is 12.2. The Morgan fingerprint density at radius 2 is 1.90 bits per heavy atom. The lowest BCUT2D eigenvalue weighted by atomic mass is 10.1. The normalized spacial score (nSPS) is 10.5. The lowest BCUT2D eigenvalue weighted by molar-refractivity contribution is 0.0746. The molecule has 0 saturated carbocycles. The molecule has 0 aliphatic carbocycles. The molecule has 0 fully saturated rings. The van der Waals surface area contributed by atoms with Crippen LogP contribution in [0.5, 0.6) is 0 Å². The maximum atomic E-state index is 13.7. The van der Waals surface area contributed by atoms with Crippen LogP contribution in [-0.4, -0.2) is 17.4 Å². The highest BCUT2D eigenvalue weighted by Crippen LogP contribution is 2.17. The molecule has 1 amide bonds. The number of rotatable bonds is 4. The van der Waals surface area contributed by atoms with Crippen molar-refractivity contribution in [1.82, 2.24) is 4.90 Å². The van der Waals surface area contributed by atoms with E-state index in [1.807, 2.05) is 6.07 Å². The van der Waals surface area contributed by atoms with Crippen molar-refractivity contribution in [2.75, 3.05) is 6.54 Å². The Morgan fingerprint density at radius 3 is 2.57 bits per heavy atom. The first-order chi connectivity index (χ1) is 10.0. The molecule has 0 spiro atoms. The molecular formula is C16H14ClF2NO. The van der Waals surface area contributed by atoms with Gasteiger partial charge in [-0.25, -0.2) is 8.78 Å². The number of carbonyl (C=O) groups excluding carboxylic acids is 1. The van der Waals surface area contributed by atoms with Crippen molar-refractivity contribution in [3.63, 3.8) is 0 Å². The molecule has 0 heterocycles. The summed E-state index contributed by atoms with van der Waals surface area (Å²) in [5, 5.41) is 0.563. The average molecular weight is 310 g/mol. The topological polar surface area (TPSA) is 20.3 Å². The molecule has 0 N–H and O–H groups in total. The van der Waals surface area contributed by atoms with E-state index >= 15 is 0 Å². The minimum Gasteiger partial charge on any atom is -0.335 e. The maximum absolute atomic E-state index is 13.7. The average Bonchev–Trinajstić information content (AvgIpc) is 2.47. The first kappa shape index (κ1) is 15.4. The van der Waals surface area contributed by atoms with Crippen LogP contribution in [0.4, 0.5) is 8.78 Å². The van der Waals surface area contributed by atoms with Gasteiger partial charge in [-0.15, -0.1) is 0 Å². The van der Waals surface area contributed by atoms with E-state index in [1.54, 1.807) is 25.1 Å². The van der Waals surface area contributed by atoms with Crippen molar-refractivity contribution >= 4 is 17.5 Å². The van der Waals surface area contributed by atoms with Crippen molar-refractivity contribution < 1.29 is 13.6 Å². The predicted molar refractivity (Wildman–Crippen MR) is 78.2 cm³/mol. The van der Waals surface area contributed by atoms with Gasteiger partial charge in [-0.3, -0.25) is 4.79 Å². The molecule has 0 aromatic heterocycles. The van der Waals surface area contributed by atoms with E-state index in [-0.39, 0.29) is 12.1 Å². The molecule has 110 valence electrons. The van der Waals surface area contributed by atoms with E-state index < -0.39 is 17.5 Å². The largest absolute Gasteiger partial charge is 0.335 e. The van der Waals surface area contributed by atoms with Crippen LogP contribution in [0.2, 0.25) is 5.02 Å². The zero-order valence-electron chi connectivity index (χ0n) is 11.4. The lowest BCUT2D eigenvalue weighted by Gasteiger charge is -2.21. The fourth-order valence-electron chi connectivity index (χ4n) is 2.02. The van der Waals surface area contributed by atoms with Crippen LogP contribution in [0.3, 0.4) is 0 Å². The quantitative estimate of drug-likeness (QED) is 0.825. The summed E-state index contributed by atoms with van der Waals surface area (Å²) in [5.74, 6) is -2.69. The van der Waals surface area contributed by atoms with Crippen molar-refractivity contribution in [3.8, 4) is 0 Å². The molecule has 2 rings (SSSR count). The van der Waals surface area contributed by atoms with Crippen LogP contribution in [0, 0.1) is 11.6 Å². The first-order valence-electron chi connectivity index (χ1n) is 6.50. The van der Waals surface area contributed by atoms with Gasteiger partial charge in [-0.1, -0.05) is 29.8 Å². The number of nitrogens with zero attached hydrogens (tertiary/aromatic N) is 1. The maximum Gasteiger partial charge on any atom is 0.257 e. The van der Waals surface area contributed by atoms with Crippen LogP contribution >= 0.6 is 11.6 Å². The standard InChI is InChI=1S/C16H14ClF2NO/c1-2-20(10-11-5-3-6-12(17)9-11)16(21)13-7-4-8-14(18)15(13)19/h3-9H,2,10H2,1H3. The van der Waals surface area contributed by atoms with E-state index in [0.29, 0.717) is 11.6 Å². The van der Waals surface area contributed by atoms with E-state index in [2.05, 4.69) is 0 Å². The Morgan fingerprint density at radius 1 is 1.19 bits per heavy atom. The van der Waals surface area contributed by atoms with Gasteiger partial charge in [0, 0.05) is 18.1 Å². The van der Waals surface area contributed by atoms with Crippen LogP contribution < -0.4 is 0 Å². The molecule has 0 bridgehead atoms. The molecule has 2 nitrogen and oxygen atoms in total. The van der Waals surface area contributed by atoms with Gasteiger partial charge in [0.2, 0.25) is 0 Å². The van der Waals surface area contributed by atoms with Gasteiger partial charge in [-0.05, 0) is 36.8 Å². The summed E-state index contributed by atoms with van der Waals surface area (Å²) in [5.41, 5.74) is 0.563. The summed E-state index contributed by atoms with van der Waals surface area (Å²) in [6.07, 6.45) is 0. The van der Waals surface area contributed by atoms with Crippen molar-refractivity contribution in [2.24, 2.45) is 0 Å². The second kappa shape index (κ2) is 6.68. The Kier molecular flexibility index (Phi) is 4.91. The second-order valence-electron chi connectivity index (χ2n) is 4.55. The summed E-state index contributed by atoms with van der Waals surface area (Å²) in [6, 6.07) is 10.6. The second-order valence-corrected chi connectivity index (χ2v) is 4.99. The highest BCUT2D eigenvalue weighted by Gasteiger charge is 2.20. The van der Waals surface area contributed by atoms with Crippen molar-refractivity contribution in [3.05, 3.63) is 70.2 Å². The Labute approximate surface area is 127 Å². The fourth-order valence-corrected chi connectivity index (χ4v) is 2.24. The lowest BCUT2D eigenvalue weighted by Crippen LogP contribution is -2.31. The Hall–Kier alpha value is -1.94. The molecule has 0 saturated heterocycles. The van der Waals surface area contributed by atoms with Gasteiger partial charge in [0.05, 0.1) is 5.56 Å². The molecule has 0 unspecified atom stereocenters. The number of hydrogen-bond donors (Lipinski definition) is 0. The van der Waals surface area contributed by atoms with Gasteiger partial charge < -0.3 is 4.90 Å². The third kappa shape index (κ3) is 3.58. The molecule has 2 aromatic rings. The summed E-state index contributed by atoms with van der Waals surface area (Å²) < 4.78 is 26.9. The number of halogens is 3. The highest BCUT2D eigenvalue weighted by atomic mass is 35.5. The minimum absolute atomic E-state index is 0.265.